The van der Waals surface area contributed by atoms with Gasteiger partial charge in [0.15, 0.2) is 0 Å². The number of benzene rings is 1. The second kappa shape index (κ2) is 11.7. The highest BCUT2D eigenvalue weighted by atomic mass is 15.4. The summed E-state index contributed by atoms with van der Waals surface area (Å²) in [5.41, 5.74) is 1.90. The zero-order valence-corrected chi connectivity index (χ0v) is 11.7. The van der Waals surface area contributed by atoms with Crippen molar-refractivity contribution >= 4 is 11.0 Å². The largest absolute Gasteiger partial charge is 0.187 e. The fourth-order valence-corrected chi connectivity index (χ4v) is 0.967. The molecule has 1 heterocycles. The molecule has 1 aromatic carbocycles. The lowest BCUT2D eigenvalue weighted by Crippen LogP contribution is -1.90. The summed E-state index contributed by atoms with van der Waals surface area (Å²) in [5.74, 6) is 0. The van der Waals surface area contributed by atoms with Crippen LogP contribution in [0.3, 0.4) is 0 Å². The molecule has 0 N–H and O–H groups in total. The van der Waals surface area contributed by atoms with Gasteiger partial charge in [-0.25, -0.2) is 0 Å². The van der Waals surface area contributed by atoms with E-state index < -0.39 is 0 Å². The number of aryl methyl sites for hydroxylation is 1. The second-order valence-electron chi connectivity index (χ2n) is 2.18. The van der Waals surface area contributed by atoms with Crippen molar-refractivity contribution in [2.45, 2.75) is 41.5 Å². The molecule has 0 unspecified atom stereocenters. The average molecular weight is 223 g/mol. The Morgan fingerprint density at radius 2 is 1.06 bits per heavy atom. The van der Waals surface area contributed by atoms with Gasteiger partial charge in [-0.3, -0.25) is 0 Å². The number of hydrogen-bond donors (Lipinski definition) is 0. The lowest BCUT2D eigenvalue weighted by Gasteiger charge is -1.78. The first-order valence-corrected chi connectivity index (χ1v) is 6.12. The highest BCUT2D eigenvalue weighted by Crippen LogP contribution is 2.05. The summed E-state index contributed by atoms with van der Waals surface area (Å²) in [6, 6.07) is 7.80. The van der Waals surface area contributed by atoms with Crippen molar-refractivity contribution in [1.29, 1.82) is 0 Å². The third-order valence-corrected chi connectivity index (χ3v) is 1.39. The van der Waals surface area contributed by atoms with E-state index in [-0.39, 0.29) is 0 Å². The Bertz CT molecular complexity index is 320. The highest BCUT2D eigenvalue weighted by molar-refractivity contribution is 5.72. The van der Waals surface area contributed by atoms with Crippen LogP contribution in [0.15, 0.2) is 24.3 Å². The van der Waals surface area contributed by atoms with Crippen LogP contribution in [0, 0.1) is 0 Å². The van der Waals surface area contributed by atoms with Gasteiger partial charge in [0, 0.05) is 7.05 Å². The molecule has 3 heteroatoms. The number of fused-ring (bicyclic) bond motifs is 1. The SMILES string of the molecule is CC.CC.CC.Cn1nc2ccccc2n1. The third kappa shape index (κ3) is 5.49. The molecule has 0 saturated carbocycles. The summed E-state index contributed by atoms with van der Waals surface area (Å²) in [7, 11) is 1.82. The van der Waals surface area contributed by atoms with E-state index >= 15 is 0 Å². The molecule has 1 aromatic heterocycles. The Morgan fingerprint density at radius 1 is 0.750 bits per heavy atom. The maximum atomic E-state index is 4.12. The molecule has 3 nitrogen and oxygen atoms in total. The molecule has 16 heavy (non-hydrogen) atoms. The normalized spacial score (nSPS) is 7.69. The summed E-state index contributed by atoms with van der Waals surface area (Å²) in [5, 5.41) is 8.24. The van der Waals surface area contributed by atoms with E-state index in [1.165, 1.54) is 0 Å². The van der Waals surface area contributed by atoms with Crippen molar-refractivity contribution < 1.29 is 0 Å². The van der Waals surface area contributed by atoms with Gasteiger partial charge in [0.2, 0.25) is 0 Å². The molecule has 0 saturated heterocycles. The van der Waals surface area contributed by atoms with E-state index in [1.54, 1.807) is 4.80 Å². The van der Waals surface area contributed by atoms with Crippen LogP contribution in [-0.2, 0) is 7.05 Å². The molecule has 0 aliphatic carbocycles. The fourth-order valence-electron chi connectivity index (χ4n) is 0.967. The molecule has 2 rings (SSSR count). The van der Waals surface area contributed by atoms with E-state index in [9.17, 15) is 0 Å². The minimum Gasteiger partial charge on any atom is -0.187 e. The number of rotatable bonds is 0. The van der Waals surface area contributed by atoms with E-state index in [0.717, 1.165) is 11.0 Å². The molecule has 0 atom stereocenters. The molecule has 0 amide bonds. The quantitative estimate of drug-likeness (QED) is 0.674. The Kier molecular flexibility index (Phi) is 12.4. The summed E-state index contributed by atoms with van der Waals surface area (Å²) >= 11 is 0. The molecule has 0 radical (unpaired) electrons. The molecule has 0 aliphatic rings. The summed E-state index contributed by atoms with van der Waals surface area (Å²) < 4.78 is 0. The molecular weight excluding hydrogens is 198 g/mol. The van der Waals surface area contributed by atoms with Crippen LogP contribution in [0.25, 0.3) is 11.0 Å². The van der Waals surface area contributed by atoms with E-state index in [2.05, 4.69) is 10.2 Å². The molecule has 0 aliphatic heterocycles. The van der Waals surface area contributed by atoms with Gasteiger partial charge < -0.3 is 0 Å². The standard InChI is InChI=1S/C7H7N3.3C2H6/c1-10-8-6-4-2-3-5-7(6)9-10;3*1-2/h2-5H,1H3;3*1-2H3. The predicted molar refractivity (Wildman–Crippen MR) is 72.6 cm³/mol. The monoisotopic (exact) mass is 223 g/mol. The summed E-state index contributed by atoms with van der Waals surface area (Å²) in [4.78, 5) is 1.57. The molecule has 0 spiro atoms. The first-order valence-electron chi connectivity index (χ1n) is 6.12. The van der Waals surface area contributed by atoms with Crippen molar-refractivity contribution in [1.82, 2.24) is 15.0 Å². The Balaban J connectivity index is 0. The maximum absolute atomic E-state index is 4.12. The van der Waals surface area contributed by atoms with Gasteiger partial charge in [-0.2, -0.15) is 15.0 Å². The molecule has 0 bridgehead atoms. The van der Waals surface area contributed by atoms with Gasteiger partial charge >= 0.3 is 0 Å². The second-order valence-corrected chi connectivity index (χ2v) is 2.18. The number of nitrogens with zero attached hydrogens (tertiary/aromatic N) is 3. The van der Waals surface area contributed by atoms with E-state index in [1.807, 2.05) is 72.9 Å². The van der Waals surface area contributed by atoms with Gasteiger partial charge in [0.05, 0.1) is 0 Å². The van der Waals surface area contributed by atoms with Crippen LogP contribution in [0.4, 0.5) is 0 Å². The smallest absolute Gasteiger partial charge is 0.113 e. The van der Waals surface area contributed by atoms with Crippen LogP contribution < -0.4 is 0 Å². The molecular formula is C13H25N3. The predicted octanol–water partition coefficient (Wildman–Crippen LogP) is 4.05. The molecule has 0 fully saturated rings. The Labute approximate surface area is 99.5 Å². The van der Waals surface area contributed by atoms with Gasteiger partial charge in [-0.15, -0.1) is 0 Å². The van der Waals surface area contributed by atoms with Gasteiger partial charge in [0.25, 0.3) is 0 Å². The minimum absolute atomic E-state index is 0.949. The van der Waals surface area contributed by atoms with Crippen LogP contribution in [0.1, 0.15) is 41.5 Å². The van der Waals surface area contributed by atoms with Crippen LogP contribution >= 0.6 is 0 Å². The lowest BCUT2D eigenvalue weighted by molar-refractivity contribution is 0.665. The van der Waals surface area contributed by atoms with E-state index in [4.69, 9.17) is 0 Å². The van der Waals surface area contributed by atoms with Crippen molar-refractivity contribution in [2.75, 3.05) is 0 Å². The number of hydrogen-bond acceptors (Lipinski definition) is 2. The average Bonchev–Trinajstić information content (AvgIpc) is 2.76. The Hall–Kier alpha value is -1.38. The first-order chi connectivity index (χ1) is 7.86. The Morgan fingerprint density at radius 3 is 1.38 bits per heavy atom. The zero-order valence-electron chi connectivity index (χ0n) is 11.7. The fraction of sp³-hybridized carbons (Fsp3) is 0.538. The highest BCUT2D eigenvalue weighted by Gasteiger charge is 1.94. The van der Waals surface area contributed by atoms with Crippen LogP contribution in [0.2, 0.25) is 0 Å². The summed E-state index contributed by atoms with van der Waals surface area (Å²) in [6.07, 6.45) is 0. The zero-order chi connectivity index (χ0) is 13.0. The topological polar surface area (TPSA) is 30.7 Å². The van der Waals surface area contributed by atoms with Gasteiger partial charge in [-0.05, 0) is 12.1 Å². The first kappa shape index (κ1) is 17.0. The molecule has 2 aromatic rings. The summed E-state index contributed by atoms with van der Waals surface area (Å²) in [6.45, 7) is 12.0. The molecule has 92 valence electrons. The lowest BCUT2D eigenvalue weighted by atomic mass is 10.3. The van der Waals surface area contributed by atoms with Crippen molar-refractivity contribution in [3.05, 3.63) is 24.3 Å². The van der Waals surface area contributed by atoms with Gasteiger partial charge in [0.1, 0.15) is 11.0 Å². The van der Waals surface area contributed by atoms with Crippen LogP contribution in [0.5, 0.6) is 0 Å². The van der Waals surface area contributed by atoms with Crippen molar-refractivity contribution in [3.63, 3.8) is 0 Å². The van der Waals surface area contributed by atoms with E-state index in [0.29, 0.717) is 0 Å². The van der Waals surface area contributed by atoms with Crippen molar-refractivity contribution in [2.24, 2.45) is 7.05 Å². The van der Waals surface area contributed by atoms with Crippen molar-refractivity contribution in [3.8, 4) is 0 Å². The van der Waals surface area contributed by atoms with Gasteiger partial charge in [-0.1, -0.05) is 53.7 Å². The maximum Gasteiger partial charge on any atom is 0.113 e. The third-order valence-electron chi connectivity index (χ3n) is 1.39. The number of aromatic nitrogens is 3. The van der Waals surface area contributed by atoms with Crippen LogP contribution in [-0.4, -0.2) is 15.0 Å². The minimum atomic E-state index is 0.949.